The summed E-state index contributed by atoms with van der Waals surface area (Å²) in [6, 6.07) is 0. The van der Waals surface area contributed by atoms with Gasteiger partial charge in [0.1, 0.15) is 0 Å². The SMILES string of the molecule is C=C(C)/C(C)=C(/C)CN. The number of allylic oxidation sites excluding steroid dienone is 2. The van der Waals surface area contributed by atoms with Crippen LogP contribution in [0.25, 0.3) is 0 Å². The van der Waals surface area contributed by atoms with Gasteiger partial charge in [-0.05, 0) is 26.3 Å². The van der Waals surface area contributed by atoms with E-state index in [0.29, 0.717) is 6.54 Å². The molecular weight excluding hydrogens is 110 g/mol. The second kappa shape index (κ2) is 3.46. The molecule has 52 valence electrons. The maximum absolute atomic E-state index is 5.41. The summed E-state index contributed by atoms with van der Waals surface area (Å²) >= 11 is 0. The number of hydrogen-bond donors (Lipinski definition) is 1. The lowest BCUT2D eigenvalue weighted by Gasteiger charge is -2.02. The van der Waals surface area contributed by atoms with E-state index in [9.17, 15) is 0 Å². The van der Waals surface area contributed by atoms with Crippen molar-refractivity contribution in [2.24, 2.45) is 5.73 Å². The van der Waals surface area contributed by atoms with E-state index in [1.54, 1.807) is 0 Å². The van der Waals surface area contributed by atoms with Gasteiger partial charge in [0, 0.05) is 6.54 Å². The van der Waals surface area contributed by atoms with Crippen molar-refractivity contribution in [2.75, 3.05) is 6.54 Å². The first kappa shape index (κ1) is 8.44. The molecule has 0 rings (SSSR count). The molecule has 9 heavy (non-hydrogen) atoms. The van der Waals surface area contributed by atoms with E-state index in [4.69, 9.17) is 5.73 Å². The fraction of sp³-hybridized carbons (Fsp3) is 0.500. The summed E-state index contributed by atoms with van der Waals surface area (Å²) in [4.78, 5) is 0. The van der Waals surface area contributed by atoms with Crippen LogP contribution < -0.4 is 5.73 Å². The van der Waals surface area contributed by atoms with E-state index in [1.807, 2.05) is 20.8 Å². The van der Waals surface area contributed by atoms with Crippen LogP contribution in [0.4, 0.5) is 0 Å². The van der Waals surface area contributed by atoms with Gasteiger partial charge in [0.15, 0.2) is 0 Å². The molecule has 0 aromatic rings. The van der Waals surface area contributed by atoms with Crippen molar-refractivity contribution in [1.29, 1.82) is 0 Å². The second-order valence-electron chi connectivity index (χ2n) is 2.39. The summed E-state index contributed by atoms with van der Waals surface area (Å²) in [6.07, 6.45) is 0. The molecule has 0 aliphatic heterocycles. The van der Waals surface area contributed by atoms with E-state index in [1.165, 1.54) is 11.1 Å². The Morgan fingerprint density at radius 2 is 1.78 bits per heavy atom. The standard InChI is InChI=1S/C8H15N/c1-6(2)8(4)7(3)5-9/h1,5,9H2,2-4H3/b8-7-. The van der Waals surface area contributed by atoms with Crippen LogP contribution in [0.2, 0.25) is 0 Å². The van der Waals surface area contributed by atoms with E-state index < -0.39 is 0 Å². The Morgan fingerprint density at radius 1 is 1.33 bits per heavy atom. The largest absolute Gasteiger partial charge is 0.327 e. The van der Waals surface area contributed by atoms with Crippen LogP contribution in [0.15, 0.2) is 23.3 Å². The molecule has 2 N–H and O–H groups in total. The highest BCUT2D eigenvalue weighted by Gasteiger charge is 1.93. The summed E-state index contributed by atoms with van der Waals surface area (Å²) in [5.41, 5.74) is 8.98. The van der Waals surface area contributed by atoms with Crippen molar-refractivity contribution < 1.29 is 0 Å². The van der Waals surface area contributed by atoms with Crippen molar-refractivity contribution in [1.82, 2.24) is 0 Å². The molecule has 1 nitrogen and oxygen atoms in total. The van der Waals surface area contributed by atoms with Crippen molar-refractivity contribution >= 4 is 0 Å². The first-order valence-electron chi connectivity index (χ1n) is 3.12. The van der Waals surface area contributed by atoms with Crippen molar-refractivity contribution in [3.8, 4) is 0 Å². The zero-order chi connectivity index (χ0) is 7.44. The number of rotatable bonds is 2. The fourth-order valence-corrected chi connectivity index (χ4v) is 0.517. The first-order chi connectivity index (χ1) is 4.09. The van der Waals surface area contributed by atoms with Crippen molar-refractivity contribution in [2.45, 2.75) is 20.8 Å². The first-order valence-corrected chi connectivity index (χ1v) is 3.12. The van der Waals surface area contributed by atoms with E-state index in [-0.39, 0.29) is 0 Å². The zero-order valence-corrected chi connectivity index (χ0v) is 6.49. The van der Waals surface area contributed by atoms with Crippen molar-refractivity contribution in [3.63, 3.8) is 0 Å². The normalized spacial score (nSPS) is 12.9. The molecule has 0 aliphatic carbocycles. The molecule has 0 unspecified atom stereocenters. The Bertz CT molecular complexity index is 143. The number of hydrogen-bond acceptors (Lipinski definition) is 1. The predicted molar refractivity (Wildman–Crippen MR) is 42.2 cm³/mol. The van der Waals surface area contributed by atoms with Crippen LogP contribution in [0.3, 0.4) is 0 Å². The molecule has 0 bridgehead atoms. The molecule has 0 aromatic heterocycles. The molecule has 0 radical (unpaired) electrons. The van der Waals surface area contributed by atoms with E-state index >= 15 is 0 Å². The van der Waals surface area contributed by atoms with Gasteiger partial charge in [-0.15, -0.1) is 0 Å². The molecule has 0 heterocycles. The predicted octanol–water partition coefficient (Wildman–Crippen LogP) is 1.86. The highest BCUT2D eigenvalue weighted by molar-refractivity contribution is 5.29. The summed E-state index contributed by atoms with van der Waals surface area (Å²) in [5.74, 6) is 0. The fourth-order valence-electron chi connectivity index (χ4n) is 0.517. The lowest BCUT2D eigenvalue weighted by Crippen LogP contribution is -2.02. The molecule has 0 spiro atoms. The van der Waals surface area contributed by atoms with E-state index in [2.05, 4.69) is 6.58 Å². The lowest BCUT2D eigenvalue weighted by atomic mass is 10.1. The topological polar surface area (TPSA) is 26.0 Å². The van der Waals surface area contributed by atoms with E-state index in [0.717, 1.165) is 5.57 Å². The molecule has 0 amide bonds. The Morgan fingerprint density at radius 3 is 1.89 bits per heavy atom. The molecule has 0 saturated carbocycles. The molecule has 1 heteroatoms. The van der Waals surface area contributed by atoms with Crippen molar-refractivity contribution in [3.05, 3.63) is 23.3 Å². The summed E-state index contributed by atoms with van der Waals surface area (Å²) in [6.45, 7) is 10.5. The van der Waals surface area contributed by atoms with Crippen LogP contribution in [-0.2, 0) is 0 Å². The third-order valence-corrected chi connectivity index (χ3v) is 1.59. The van der Waals surface area contributed by atoms with Gasteiger partial charge in [-0.2, -0.15) is 0 Å². The Hall–Kier alpha value is -0.560. The molecule has 0 aliphatic rings. The Kier molecular flexibility index (Phi) is 3.25. The van der Waals surface area contributed by atoms with Gasteiger partial charge >= 0.3 is 0 Å². The van der Waals surface area contributed by atoms with Crippen LogP contribution >= 0.6 is 0 Å². The summed E-state index contributed by atoms with van der Waals surface area (Å²) in [5, 5.41) is 0. The van der Waals surface area contributed by atoms with Gasteiger partial charge in [0.05, 0.1) is 0 Å². The van der Waals surface area contributed by atoms with Crippen LogP contribution in [0, 0.1) is 0 Å². The van der Waals surface area contributed by atoms with Gasteiger partial charge in [0.2, 0.25) is 0 Å². The van der Waals surface area contributed by atoms with Gasteiger partial charge < -0.3 is 5.73 Å². The molecule has 0 saturated heterocycles. The van der Waals surface area contributed by atoms with Gasteiger partial charge in [0.25, 0.3) is 0 Å². The highest BCUT2D eigenvalue weighted by Crippen LogP contribution is 2.09. The third-order valence-electron chi connectivity index (χ3n) is 1.59. The van der Waals surface area contributed by atoms with Gasteiger partial charge in [-0.3, -0.25) is 0 Å². The quantitative estimate of drug-likeness (QED) is 0.560. The maximum atomic E-state index is 5.41. The Labute approximate surface area is 57.3 Å². The Balaban J connectivity index is 4.28. The summed E-state index contributed by atoms with van der Waals surface area (Å²) in [7, 11) is 0. The minimum absolute atomic E-state index is 0.638. The number of nitrogens with two attached hydrogens (primary N) is 1. The lowest BCUT2D eigenvalue weighted by molar-refractivity contribution is 1.09. The highest BCUT2D eigenvalue weighted by atomic mass is 14.5. The van der Waals surface area contributed by atoms with Gasteiger partial charge in [-0.25, -0.2) is 0 Å². The summed E-state index contributed by atoms with van der Waals surface area (Å²) < 4.78 is 0. The smallest absolute Gasteiger partial charge is 0.0139 e. The third kappa shape index (κ3) is 2.47. The minimum Gasteiger partial charge on any atom is -0.327 e. The average molecular weight is 125 g/mol. The molecular formula is C8H15N. The van der Waals surface area contributed by atoms with Crippen LogP contribution in [-0.4, -0.2) is 6.54 Å². The minimum atomic E-state index is 0.638. The molecule has 0 atom stereocenters. The van der Waals surface area contributed by atoms with Crippen LogP contribution in [0.1, 0.15) is 20.8 Å². The van der Waals surface area contributed by atoms with Gasteiger partial charge in [-0.1, -0.05) is 17.7 Å². The average Bonchev–Trinajstić information content (AvgIpc) is 1.84. The monoisotopic (exact) mass is 125 g/mol. The molecule has 0 fully saturated rings. The zero-order valence-electron chi connectivity index (χ0n) is 6.49. The maximum Gasteiger partial charge on any atom is 0.0139 e. The second-order valence-corrected chi connectivity index (χ2v) is 2.39. The van der Waals surface area contributed by atoms with Crippen LogP contribution in [0.5, 0.6) is 0 Å². The molecule has 0 aromatic carbocycles.